The molecule has 0 saturated carbocycles. The predicted molar refractivity (Wildman–Crippen MR) is 70.1 cm³/mol. The highest BCUT2D eigenvalue weighted by atomic mass is 32.1. The van der Waals surface area contributed by atoms with E-state index in [0.29, 0.717) is 17.5 Å². The van der Waals surface area contributed by atoms with Gasteiger partial charge in [-0.15, -0.1) is 0 Å². The number of thiocarbonyl (C=S) groups is 1. The number of nitrogens with one attached hydrogen (secondary N) is 1. The fourth-order valence-corrected chi connectivity index (χ4v) is 1.57. The Hall–Kier alpha value is -1.89. The number of benzene rings is 1. The summed E-state index contributed by atoms with van der Waals surface area (Å²) in [6, 6.07) is 6.91. The quantitative estimate of drug-likeness (QED) is 0.878. The third-order valence-corrected chi connectivity index (χ3v) is 2.87. The average molecular weight is 283 g/mol. The van der Waals surface area contributed by atoms with Gasteiger partial charge in [0.05, 0.1) is 0 Å². The van der Waals surface area contributed by atoms with Crippen LogP contribution in [0.3, 0.4) is 0 Å². The summed E-state index contributed by atoms with van der Waals surface area (Å²) in [5.41, 5.74) is 1.41. The zero-order valence-corrected chi connectivity index (χ0v) is 11.1. The Morgan fingerprint density at radius 3 is 2.42 bits per heavy atom. The van der Waals surface area contributed by atoms with E-state index in [1.165, 1.54) is 0 Å². The average Bonchev–Trinajstić information content (AvgIpc) is 2.87. The lowest BCUT2D eigenvalue weighted by Gasteiger charge is -2.03. The van der Waals surface area contributed by atoms with Crippen LogP contribution in [0.15, 0.2) is 28.8 Å². The van der Waals surface area contributed by atoms with Crippen LogP contribution >= 0.6 is 12.2 Å². The molecule has 2 rings (SSSR count). The molecule has 1 N–H and O–H groups in total. The second-order valence-corrected chi connectivity index (χ2v) is 4.38. The van der Waals surface area contributed by atoms with Crippen LogP contribution < -0.4 is 5.32 Å². The third-order valence-electron chi connectivity index (χ3n) is 2.43. The van der Waals surface area contributed by atoms with Crippen molar-refractivity contribution < 1.29 is 13.3 Å². The highest BCUT2D eigenvalue weighted by Crippen LogP contribution is 2.27. The monoisotopic (exact) mass is 283 g/mol. The van der Waals surface area contributed by atoms with Crippen LogP contribution in [0.2, 0.25) is 0 Å². The number of hydrogen-bond acceptors (Lipinski definition) is 4. The van der Waals surface area contributed by atoms with Gasteiger partial charge in [0.25, 0.3) is 5.89 Å². The van der Waals surface area contributed by atoms with Gasteiger partial charge in [-0.05, 0) is 0 Å². The molecule has 0 unspecified atom stereocenters. The van der Waals surface area contributed by atoms with Gasteiger partial charge in [-0.3, -0.25) is 0 Å². The number of aromatic nitrogens is 2. The van der Waals surface area contributed by atoms with E-state index in [2.05, 4.69) is 20.0 Å². The number of hydrogen-bond donors (Lipinski definition) is 1. The summed E-state index contributed by atoms with van der Waals surface area (Å²) in [5, 5.41) is 6.38. The second kappa shape index (κ2) is 5.00. The molecule has 0 atom stereocenters. The molecule has 100 valence electrons. The molecule has 0 amide bonds. The van der Waals surface area contributed by atoms with Gasteiger partial charge >= 0.3 is 5.92 Å². The first-order valence-electron chi connectivity index (χ1n) is 5.46. The molecule has 0 spiro atoms. The summed E-state index contributed by atoms with van der Waals surface area (Å²) in [7, 11) is 1.73. The molecule has 0 aliphatic heterocycles. The summed E-state index contributed by atoms with van der Waals surface area (Å²) < 4.78 is 30.5. The SMILES string of the molecule is CNC(=S)c1ccc(-c2noc(C(C)(F)F)n2)cc1. The van der Waals surface area contributed by atoms with Crippen molar-refractivity contribution in [1.82, 2.24) is 15.5 Å². The van der Waals surface area contributed by atoms with Crippen molar-refractivity contribution in [2.24, 2.45) is 0 Å². The van der Waals surface area contributed by atoms with Gasteiger partial charge in [0, 0.05) is 25.1 Å². The lowest BCUT2D eigenvalue weighted by Crippen LogP contribution is -2.16. The fraction of sp³-hybridized carbons (Fsp3) is 0.250. The van der Waals surface area contributed by atoms with Crippen molar-refractivity contribution in [2.45, 2.75) is 12.8 Å². The van der Waals surface area contributed by atoms with E-state index in [1.807, 2.05) is 0 Å². The normalized spacial score (nSPS) is 11.4. The Labute approximate surface area is 113 Å². The Kier molecular flexibility index (Phi) is 3.57. The lowest BCUT2D eigenvalue weighted by molar-refractivity contribution is -0.0158. The van der Waals surface area contributed by atoms with E-state index in [1.54, 1.807) is 31.3 Å². The van der Waals surface area contributed by atoms with E-state index in [-0.39, 0.29) is 5.82 Å². The van der Waals surface area contributed by atoms with Crippen LogP contribution in [0, 0.1) is 0 Å². The molecule has 0 aliphatic carbocycles. The summed E-state index contributed by atoms with van der Waals surface area (Å²) in [4.78, 5) is 4.27. The number of rotatable bonds is 3. The number of nitrogens with zero attached hydrogens (tertiary/aromatic N) is 2. The van der Waals surface area contributed by atoms with Crippen LogP contribution in [-0.2, 0) is 5.92 Å². The summed E-state index contributed by atoms with van der Waals surface area (Å²) in [5.74, 6) is -3.71. The minimum atomic E-state index is -3.14. The van der Waals surface area contributed by atoms with E-state index in [9.17, 15) is 8.78 Å². The molecule has 1 heterocycles. The molecule has 0 fully saturated rings. The summed E-state index contributed by atoms with van der Waals surface area (Å²) >= 11 is 5.07. The summed E-state index contributed by atoms with van der Waals surface area (Å²) in [6.45, 7) is 0.707. The van der Waals surface area contributed by atoms with E-state index in [4.69, 9.17) is 12.2 Å². The molecular weight excluding hydrogens is 272 g/mol. The van der Waals surface area contributed by atoms with Crippen LogP contribution in [0.25, 0.3) is 11.4 Å². The smallest absolute Gasteiger partial charge is 0.322 e. The largest absolute Gasteiger partial charge is 0.379 e. The van der Waals surface area contributed by atoms with Gasteiger partial charge in [-0.2, -0.15) is 13.8 Å². The van der Waals surface area contributed by atoms with Gasteiger partial charge in [-0.25, -0.2) is 0 Å². The second-order valence-electron chi connectivity index (χ2n) is 3.97. The van der Waals surface area contributed by atoms with Gasteiger partial charge in [0.2, 0.25) is 5.82 Å². The zero-order chi connectivity index (χ0) is 14.0. The molecule has 0 saturated heterocycles. The van der Waals surface area contributed by atoms with Crippen molar-refractivity contribution in [3.8, 4) is 11.4 Å². The van der Waals surface area contributed by atoms with Crippen molar-refractivity contribution >= 4 is 17.2 Å². The maximum Gasteiger partial charge on any atom is 0.322 e. The molecule has 0 radical (unpaired) electrons. The molecule has 2 aromatic rings. The Bertz CT molecular complexity index is 590. The van der Waals surface area contributed by atoms with Gasteiger partial charge in [0.15, 0.2) is 0 Å². The highest BCUT2D eigenvalue weighted by Gasteiger charge is 2.32. The first-order chi connectivity index (χ1) is 8.91. The lowest BCUT2D eigenvalue weighted by atomic mass is 10.1. The Morgan fingerprint density at radius 2 is 1.95 bits per heavy atom. The van der Waals surface area contributed by atoms with Crippen LogP contribution in [0.4, 0.5) is 8.78 Å². The molecule has 7 heteroatoms. The van der Waals surface area contributed by atoms with Crippen molar-refractivity contribution in [1.29, 1.82) is 0 Å². The maximum atomic E-state index is 13.0. The highest BCUT2D eigenvalue weighted by molar-refractivity contribution is 7.80. The first-order valence-corrected chi connectivity index (χ1v) is 5.87. The van der Waals surface area contributed by atoms with Gasteiger partial charge < -0.3 is 9.84 Å². The number of halogens is 2. The number of alkyl halides is 2. The standard InChI is InChI=1S/C12H11F2N3OS/c1-12(13,14)11-16-9(17-18-11)7-3-5-8(6-4-7)10(19)15-2/h3-6H,1-2H3,(H,15,19). The summed E-state index contributed by atoms with van der Waals surface area (Å²) in [6.07, 6.45) is 0. The maximum absolute atomic E-state index is 13.0. The van der Waals surface area contributed by atoms with Crippen LogP contribution in [0.5, 0.6) is 0 Å². The zero-order valence-electron chi connectivity index (χ0n) is 10.3. The van der Waals surface area contributed by atoms with Crippen molar-refractivity contribution in [3.05, 3.63) is 35.7 Å². The first kappa shape index (κ1) is 13.5. The minimum absolute atomic E-state index is 0.124. The Morgan fingerprint density at radius 1 is 1.32 bits per heavy atom. The van der Waals surface area contributed by atoms with E-state index in [0.717, 1.165) is 5.56 Å². The van der Waals surface area contributed by atoms with E-state index >= 15 is 0 Å². The van der Waals surface area contributed by atoms with Crippen LogP contribution in [-0.4, -0.2) is 22.2 Å². The minimum Gasteiger partial charge on any atom is -0.379 e. The molecule has 0 aliphatic rings. The van der Waals surface area contributed by atoms with Crippen molar-refractivity contribution in [3.63, 3.8) is 0 Å². The third kappa shape index (κ3) is 2.93. The molecular formula is C12H11F2N3OS. The van der Waals surface area contributed by atoms with Gasteiger partial charge in [0.1, 0.15) is 4.99 Å². The molecule has 1 aromatic heterocycles. The molecule has 0 bridgehead atoms. The predicted octanol–water partition coefficient (Wildman–Crippen LogP) is 2.74. The van der Waals surface area contributed by atoms with E-state index < -0.39 is 11.8 Å². The molecule has 4 nitrogen and oxygen atoms in total. The molecule has 1 aromatic carbocycles. The van der Waals surface area contributed by atoms with Gasteiger partial charge in [-0.1, -0.05) is 41.6 Å². The topological polar surface area (TPSA) is 51.0 Å². The molecule has 19 heavy (non-hydrogen) atoms. The Balaban J connectivity index is 2.28. The fourth-order valence-electron chi connectivity index (χ4n) is 1.43. The van der Waals surface area contributed by atoms with Crippen LogP contribution in [0.1, 0.15) is 18.4 Å². The van der Waals surface area contributed by atoms with Crippen molar-refractivity contribution in [2.75, 3.05) is 7.05 Å².